The Labute approximate surface area is 209 Å². The number of ketones is 1. The van der Waals surface area contributed by atoms with Gasteiger partial charge >= 0.3 is 0 Å². The molecule has 1 N–H and O–H groups in total. The van der Waals surface area contributed by atoms with E-state index in [1.54, 1.807) is 11.8 Å². The maximum Gasteiger partial charge on any atom is 0.290 e. The topological polar surface area (TPSA) is 79.7 Å². The molecule has 4 rings (SSSR count). The standard InChI is InChI=1S/C28H30N2O4S/c1-4-6-10-16-30-23(20-14-11-15-21(17-20)34-5-2)22(25(32)28(30)33)24(31)26-18(3)29-27(35-26)19-12-8-7-9-13-19/h7-9,11-15,17,23,32H,4-6,10,16H2,1-3H3. The predicted octanol–water partition coefficient (Wildman–Crippen LogP) is 6.29. The summed E-state index contributed by atoms with van der Waals surface area (Å²) in [6, 6.07) is 16.4. The average Bonchev–Trinajstić information content (AvgIpc) is 3.38. The molecular weight excluding hydrogens is 460 g/mol. The normalized spacial score (nSPS) is 15.7. The van der Waals surface area contributed by atoms with Crippen LogP contribution in [0.2, 0.25) is 0 Å². The minimum atomic E-state index is -0.686. The number of aryl methyl sites for hydroxylation is 1. The molecule has 3 aromatic rings. The van der Waals surface area contributed by atoms with E-state index in [4.69, 9.17) is 4.74 Å². The molecule has 2 aromatic carbocycles. The van der Waals surface area contributed by atoms with Crippen LogP contribution in [0.3, 0.4) is 0 Å². The number of hydrogen-bond acceptors (Lipinski definition) is 6. The number of unbranched alkanes of at least 4 members (excludes halogenated alkanes) is 2. The van der Waals surface area contributed by atoms with Gasteiger partial charge in [0.2, 0.25) is 5.78 Å². The minimum Gasteiger partial charge on any atom is -0.503 e. The molecule has 0 fully saturated rings. The summed E-state index contributed by atoms with van der Waals surface area (Å²) in [6.45, 7) is 6.74. The summed E-state index contributed by atoms with van der Waals surface area (Å²) in [4.78, 5) is 33.7. The van der Waals surface area contributed by atoms with Crippen LogP contribution in [-0.2, 0) is 4.79 Å². The van der Waals surface area contributed by atoms with Gasteiger partial charge in [-0.3, -0.25) is 9.59 Å². The van der Waals surface area contributed by atoms with Crippen LogP contribution in [0.25, 0.3) is 10.6 Å². The van der Waals surface area contributed by atoms with Crippen LogP contribution in [0.4, 0.5) is 0 Å². The van der Waals surface area contributed by atoms with Gasteiger partial charge < -0.3 is 14.7 Å². The molecule has 7 heteroatoms. The van der Waals surface area contributed by atoms with Crippen LogP contribution >= 0.6 is 11.3 Å². The fourth-order valence-corrected chi connectivity index (χ4v) is 5.40. The smallest absolute Gasteiger partial charge is 0.290 e. The number of aliphatic hydroxyl groups excluding tert-OH is 1. The van der Waals surface area contributed by atoms with Crippen LogP contribution < -0.4 is 4.74 Å². The Morgan fingerprint density at radius 3 is 2.60 bits per heavy atom. The SMILES string of the molecule is CCCCCN1C(=O)C(O)=C(C(=O)c2sc(-c3ccccc3)nc2C)C1c1cccc(OCC)c1. The molecule has 1 amide bonds. The van der Waals surface area contributed by atoms with Gasteiger partial charge in [-0.15, -0.1) is 11.3 Å². The van der Waals surface area contributed by atoms with Crippen molar-refractivity contribution in [2.75, 3.05) is 13.2 Å². The Morgan fingerprint density at radius 2 is 1.89 bits per heavy atom. The molecular formula is C28H30N2O4S. The molecule has 1 aromatic heterocycles. The van der Waals surface area contributed by atoms with Crippen LogP contribution in [-0.4, -0.2) is 39.8 Å². The van der Waals surface area contributed by atoms with Crippen molar-refractivity contribution in [3.63, 3.8) is 0 Å². The van der Waals surface area contributed by atoms with Gasteiger partial charge in [0.15, 0.2) is 5.76 Å². The van der Waals surface area contributed by atoms with E-state index in [-0.39, 0.29) is 11.4 Å². The Morgan fingerprint density at radius 1 is 1.11 bits per heavy atom. The van der Waals surface area contributed by atoms with Gasteiger partial charge in [0.05, 0.1) is 28.8 Å². The van der Waals surface area contributed by atoms with Gasteiger partial charge in [-0.05, 0) is 38.0 Å². The highest BCUT2D eigenvalue weighted by Gasteiger charge is 2.44. The molecule has 0 saturated carbocycles. The lowest BCUT2D eigenvalue weighted by molar-refractivity contribution is -0.129. The van der Waals surface area contributed by atoms with Crippen LogP contribution in [0.1, 0.15) is 60.1 Å². The lowest BCUT2D eigenvalue weighted by Crippen LogP contribution is -2.32. The Balaban J connectivity index is 1.76. The number of aromatic nitrogens is 1. The molecule has 1 aliphatic heterocycles. The Bertz CT molecular complexity index is 1250. The van der Waals surface area contributed by atoms with E-state index in [0.29, 0.717) is 29.5 Å². The highest BCUT2D eigenvalue weighted by atomic mass is 32.1. The van der Waals surface area contributed by atoms with Crippen molar-refractivity contribution in [3.8, 4) is 16.3 Å². The van der Waals surface area contributed by atoms with Gasteiger partial charge in [-0.1, -0.05) is 62.2 Å². The summed E-state index contributed by atoms with van der Waals surface area (Å²) >= 11 is 1.28. The van der Waals surface area contributed by atoms with Crippen LogP contribution in [0, 0.1) is 6.92 Å². The lowest BCUT2D eigenvalue weighted by atomic mass is 9.94. The van der Waals surface area contributed by atoms with Crippen LogP contribution in [0.15, 0.2) is 65.9 Å². The first-order valence-electron chi connectivity index (χ1n) is 12.0. The number of ether oxygens (including phenoxy) is 1. The van der Waals surface area contributed by atoms with Gasteiger partial charge in [-0.2, -0.15) is 0 Å². The summed E-state index contributed by atoms with van der Waals surface area (Å²) in [5.74, 6) is -0.698. The van der Waals surface area contributed by atoms with Gasteiger partial charge in [0.25, 0.3) is 5.91 Å². The summed E-state index contributed by atoms with van der Waals surface area (Å²) in [5.41, 5.74) is 2.34. The third-order valence-corrected chi connectivity index (χ3v) is 7.26. The minimum absolute atomic E-state index is 0.103. The molecule has 1 unspecified atom stereocenters. The van der Waals surface area contributed by atoms with Gasteiger partial charge in [0, 0.05) is 12.1 Å². The molecule has 0 spiro atoms. The maximum atomic E-state index is 13.9. The molecule has 35 heavy (non-hydrogen) atoms. The van der Waals surface area contributed by atoms with E-state index < -0.39 is 17.7 Å². The van der Waals surface area contributed by atoms with Crippen molar-refractivity contribution in [1.29, 1.82) is 0 Å². The zero-order chi connectivity index (χ0) is 24.9. The zero-order valence-electron chi connectivity index (χ0n) is 20.3. The second-order valence-electron chi connectivity index (χ2n) is 8.50. The van der Waals surface area contributed by atoms with Crippen molar-refractivity contribution < 1.29 is 19.4 Å². The summed E-state index contributed by atoms with van der Waals surface area (Å²) in [7, 11) is 0. The van der Waals surface area contributed by atoms with Crippen molar-refractivity contribution >= 4 is 23.0 Å². The highest BCUT2D eigenvalue weighted by Crippen LogP contribution is 2.41. The first-order valence-corrected chi connectivity index (χ1v) is 12.8. The van der Waals surface area contributed by atoms with E-state index in [1.807, 2.05) is 61.5 Å². The van der Waals surface area contributed by atoms with Crippen molar-refractivity contribution in [1.82, 2.24) is 9.88 Å². The number of thiazole rings is 1. The Hall–Kier alpha value is -3.45. The molecule has 0 bridgehead atoms. The molecule has 6 nitrogen and oxygen atoms in total. The lowest BCUT2D eigenvalue weighted by Gasteiger charge is -2.27. The average molecular weight is 491 g/mol. The fraction of sp³-hybridized carbons (Fsp3) is 0.321. The first-order chi connectivity index (χ1) is 17.0. The van der Waals surface area contributed by atoms with Crippen molar-refractivity contribution in [2.45, 2.75) is 46.1 Å². The Kier molecular flexibility index (Phi) is 7.66. The van der Waals surface area contributed by atoms with Gasteiger partial charge in [-0.25, -0.2) is 4.98 Å². The van der Waals surface area contributed by atoms with E-state index in [0.717, 1.165) is 35.4 Å². The molecule has 0 aliphatic carbocycles. The first kappa shape index (κ1) is 24.7. The number of nitrogens with zero attached hydrogens (tertiary/aromatic N) is 2. The number of carbonyl (C=O) groups excluding carboxylic acids is 2. The summed E-state index contributed by atoms with van der Waals surface area (Å²) in [6.07, 6.45) is 2.74. The molecule has 1 atom stereocenters. The number of benzene rings is 2. The monoisotopic (exact) mass is 490 g/mol. The quantitative estimate of drug-likeness (QED) is 0.267. The molecule has 182 valence electrons. The van der Waals surface area contributed by atoms with E-state index in [2.05, 4.69) is 11.9 Å². The van der Waals surface area contributed by atoms with Crippen molar-refractivity contribution in [3.05, 3.63) is 82.1 Å². The second kappa shape index (κ2) is 10.9. The van der Waals surface area contributed by atoms with Crippen LogP contribution in [0.5, 0.6) is 5.75 Å². The van der Waals surface area contributed by atoms with Gasteiger partial charge in [0.1, 0.15) is 10.8 Å². The van der Waals surface area contributed by atoms with E-state index >= 15 is 0 Å². The highest BCUT2D eigenvalue weighted by molar-refractivity contribution is 7.17. The van der Waals surface area contributed by atoms with Crippen molar-refractivity contribution in [2.24, 2.45) is 0 Å². The number of amides is 1. The van der Waals surface area contributed by atoms with E-state index in [9.17, 15) is 14.7 Å². The molecule has 0 radical (unpaired) electrons. The predicted molar refractivity (Wildman–Crippen MR) is 138 cm³/mol. The van der Waals surface area contributed by atoms with E-state index in [1.165, 1.54) is 11.3 Å². The number of rotatable bonds is 10. The number of hydrogen-bond donors (Lipinski definition) is 1. The number of carbonyl (C=O) groups is 2. The number of Topliss-reactive ketones (excluding diaryl/α,β-unsaturated/α-hetero) is 1. The zero-order valence-corrected chi connectivity index (χ0v) is 21.1. The molecule has 0 saturated heterocycles. The maximum absolute atomic E-state index is 13.9. The molecule has 1 aliphatic rings. The second-order valence-corrected chi connectivity index (χ2v) is 9.50. The third-order valence-electron chi connectivity index (χ3n) is 6.06. The summed E-state index contributed by atoms with van der Waals surface area (Å²) < 4.78 is 5.67. The third kappa shape index (κ3) is 5.00. The summed E-state index contributed by atoms with van der Waals surface area (Å²) in [5, 5.41) is 11.7. The largest absolute Gasteiger partial charge is 0.503 e. The number of aliphatic hydroxyl groups is 1. The fourth-order valence-electron chi connectivity index (χ4n) is 4.37. The molecule has 2 heterocycles.